The zero-order valence-electron chi connectivity index (χ0n) is 17.1. The van der Waals surface area contributed by atoms with Crippen LogP contribution in [0.1, 0.15) is 27.2 Å². The van der Waals surface area contributed by atoms with E-state index in [1.54, 1.807) is 22.8 Å². The standard InChI is InChI=1S/C22H22N6O2/c1-15-7-6-8-16(11-15)28-21(26-9-4-5-10-26)17-13-27(14-19(17)23-28)22(29)18-12-25(2)24-20(18)30-3/h4-12H,13-14H2,1-3H3. The number of carbonyl (C=O) groups excluding carboxylic acids is 1. The summed E-state index contributed by atoms with van der Waals surface area (Å²) in [7, 11) is 3.29. The zero-order chi connectivity index (χ0) is 20.8. The van der Waals surface area contributed by atoms with E-state index in [0.29, 0.717) is 24.5 Å². The molecule has 0 bridgehead atoms. The predicted molar refractivity (Wildman–Crippen MR) is 111 cm³/mol. The van der Waals surface area contributed by atoms with Crippen LogP contribution in [-0.4, -0.2) is 42.0 Å². The molecule has 4 aromatic rings. The molecule has 0 unspecified atom stereocenters. The van der Waals surface area contributed by atoms with Gasteiger partial charge in [0.2, 0.25) is 5.88 Å². The highest BCUT2D eigenvalue weighted by Crippen LogP contribution is 2.32. The predicted octanol–water partition coefficient (Wildman–Crippen LogP) is 2.87. The second-order valence-electron chi connectivity index (χ2n) is 7.48. The summed E-state index contributed by atoms with van der Waals surface area (Å²) in [5, 5.41) is 9.08. The summed E-state index contributed by atoms with van der Waals surface area (Å²) < 4.78 is 10.9. The fraction of sp³-hybridized carbons (Fsp3) is 0.227. The first kappa shape index (κ1) is 18.2. The molecule has 0 N–H and O–H groups in total. The number of ether oxygens (including phenoxy) is 1. The first-order chi connectivity index (χ1) is 14.5. The highest BCUT2D eigenvalue weighted by Gasteiger charge is 2.33. The fourth-order valence-corrected chi connectivity index (χ4v) is 3.96. The van der Waals surface area contributed by atoms with E-state index in [1.165, 1.54) is 12.7 Å². The van der Waals surface area contributed by atoms with Crippen LogP contribution >= 0.6 is 0 Å². The molecular formula is C22H22N6O2. The molecule has 1 aliphatic rings. The van der Waals surface area contributed by atoms with Gasteiger partial charge in [0.25, 0.3) is 5.91 Å². The average Bonchev–Trinajstić information content (AvgIpc) is 3.50. The van der Waals surface area contributed by atoms with Crippen molar-refractivity contribution in [3.05, 3.63) is 77.4 Å². The Morgan fingerprint density at radius 1 is 1.10 bits per heavy atom. The van der Waals surface area contributed by atoms with Gasteiger partial charge < -0.3 is 14.2 Å². The molecule has 4 heterocycles. The van der Waals surface area contributed by atoms with Crippen LogP contribution in [0.3, 0.4) is 0 Å². The minimum Gasteiger partial charge on any atom is -0.479 e. The number of hydrogen-bond donors (Lipinski definition) is 0. The summed E-state index contributed by atoms with van der Waals surface area (Å²) in [6.45, 7) is 2.99. The Labute approximate surface area is 173 Å². The highest BCUT2D eigenvalue weighted by atomic mass is 16.5. The van der Waals surface area contributed by atoms with Crippen molar-refractivity contribution in [3.63, 3.8) is 0 Å². The van der Waals surface area contributed by atoms with Crippen molar-refractivity contribution >= 4 is 5.91 Å². The number of aromatic nitrogens is 5. The maximum absolute atomic E-state index is 13.2. The molecule has 0 saturated heterocycles. The summed E-state index contributed by atoms with van der Waals surface area (Å²) in [5.74, 6) is 1.18. The van der Waals surface area contributed by atoms with E-state index in [2.05, 4.69) is 24.2 Å². The van der Waals surface area contributed by atoms with Crippen LogP contribution in [0.4, 0.5) is 0 Å². The first-order valence-electron chi connectivity index (χ1n) is 9.73. The lowest BCUT2D eigenvalue weighted by atomic mass is 10.2. The molecule has 152 valence electrons. The topological polar surface area (TPSA) is 70.1 Å². The van der Waals surface area contributed by atoms with Gasteiger partial charge in [0, 0.05) is 31.2 Å². The number of methoxy groups -OCH3 is 1. The van der Waals surface area contributed by atoms with Crippen LogP contribution in [0.2, 0.25) is 0 Å². The monoisotopic (exact) mass is 402 g/mol. The third-order valence-electron chi connectivity index (χ3n) is 5.33. The van der Waals surface area contributed by atoms with Crippen molar-refractivity contribution in [1.29, 1.82) is 0 Å². The van der Waals surface area contributed by atoms with E-state index in [4.69, 9.17) is 9.84 Å². The Morgan fingerprint density at radius 3 is 2.63 bits per heavy atom. The Balaban J connectivity index is 1.55. The Morgan fingerprint density at radius 2 is 1.90 bits per heavy atom. The maximum Gasteiger partial charge on any atom is 0.261 e. The zero-order valence-corrected chi connectivity index (χ0v) is 17.1. The van der Waals surface area contributed by atoms with Crippen LogP contribution < -0.4 is 4.74 Å². The van der Waals surface area contributed by atoms with Crippen LogP contribution in [-0.2, 0) is 20.1 Å². The molecule has 8 nitrogen and oxygen atoms in total. The highest BCUT2D eigenvalue weighted by molar-refractivity contribution is 5.96. The molecule has 0 fully saturated rings. The normalized spacial score (nSPS) is 13.0. The van der Waals surface area contributed by atoms with Crippen LogP contribution in [0.15, 0.2) is 55.0 Å². The van der Waals surface area contributed by atoms with E-state index in [1.807, 2.05) is 45.9 Å². The second kappa shape index (κ2) is 6.91. The summed E-state index contributed by atoms with van der Waals surface area (Å²) in [6.07, 6.45) is 5.69. The lowest BCUT2D eigenvalue weighted by Crippen LogP contribution is -2.26. The number of carbonyl (C=O) groups is 1. The van der Waals surface area contributed by atoms with Gasteiger partial charge in [-0.15, -0.1) is 5.10 Å². The third-order valence-corrected chi connectivity index (χ3v) is 5.33. The van der Waals surface area contributed by atoms with E-state index in [-0.39, 0.29) is 5.91 Å². The van der Waals surface area contributed by atoms with Gasteiger partial charge in [-0.3, -0.25) is 9.48 Å². The van der Waals surface area contributed by atoms with E-state index in [0.717, 1.165) is 22.8 Å². The molecule has 1 aromatic carbocycles. The molecule has 0 spiro atoms. The van der Waals surface area contributed by atoms with Gasteiger partial charge >= 0.3 is 0 Å². The number of aryl methyl sites for hydroxylation is 2. The van der Waals surface area contributed by atoms with Crippen molar-refractivity contribution in [2.45, 2.75) is 20.0 Å². The van der Waals surface area contributed by atoms with Gasteiger partial charge in [-0.2, -0.15) is 5.10 Å². The van der Waals surface area contributed by atoms with E-state index >= 15 is 0 Å². The molecule has 0 radical (unpaired) electrons. The van der Waals surface area contributed by atoms with Gasteiger partial charge in [-0.25, -0.2) is 4.68 Å². The number of amides is 1. The molecule has 30 heavy (non-hydrogen) atoms. The minimum atomic E-state index is -0.112. The van der Waals surface area contributed by atoms with Crippen LogP contribution in [0.5, 0.6) is 5.88 Å². The van der Waals surface area contributed by atoms with Gasteiger partial charge in [0.1, 0.15) is 11.4 Å². The average molecular weight is 402 g/mol. The molecule has 5 rings (SSSR count). The second-order valence-corrected chi connectivity index (χ2v) is 7.48. The smallest absolute Gasteiger partial charge is 0.261 e. The number of rotatable bonds is 4. The number of benzene rings is 1. The van der Waals surface area contributed by atoms with Crippen LogP contribution in [0, 0.1) is 6.92 Å². The van der Waals surface area contributed by atoms with Crippen molar-refractivity contribution in [3.8, 4) is 17.4 Å². The molecule has 3 aromatic heterocycles. The Kier molecular flexibility index (Phi) is 4.20. The first-order valence-corrected chi connectivity index (χ1v) is 9.73. The molecule has 1 aliphatic heterocycles. The summed E-state index contributed by atoms with van der Waals surface area (Å²) in [6, 6.07) is 12.2. The quantitative estimate of drug-likeness (QED) is 0.526. The van der Waals surface area contributed by atoms with Crippen molar-refractivity contribution in [2.75, 3.05) is 7.11 Å². The van der Waals surface area contributed by atoms with Gasteiger partial charge in [0.15, 0.2) is 0 Å². The molecule has 0 aliphatic carbocycles. The van der Waals surface area contributed by atoms with Crippen LogP contribution in [0.25, 0.3) is 11.5 Å². The van der Waals surface area contributed by atoms with Crippen molar-refractivity contribution < 1.29 is 9.53 Å². The molecule has 8 heteroatoms. The third kappa shape index (κ3) is 2.88. The Bertz CT molecular complexity index is 1230. The molecule has 0 saturated carbocycles. The SMILES string of the molecule is COc1nn(C)cc1C(=O)N1Cc2nn(-c3cccc(C)c3)c(-n3cccc3)c2C1. The van der Waals surface area contributed by atoms with Gasteiger partial charge in [-0.05, 0) is 36.8 Å². The maximum atomic E-state index is 13.2. The van der Waals surface area contributed by atoms with E-state index in [9.17, 15) is 4.79 Å². The summed E-state index contributed by atoms with van der Waals surface area (Å²) in [4.78, 5) is 14.9. The van der Waals surface area contributed by atoms with Crippen molar-refractivity contribution in [2.24, 2.45) is 7.05 Å². The van der Waals surface area contributed by atoms with Crippen molar-refractivity contribution in [1.82, 2.24) is 29.0 Å². The minimum absolute atomic E-state index is 0.112. The number of nitrogens with zero attached hydrogens (tertiary/aromatic N) is 6. The fourth-order valence-electron chi connectivity index (χ4n) is 3.96. The van der Waals surface area contributed by atoms with Gasteiger partial charge in [0.05, 0.1) is 31.6 Å². The number of hydrogen-bond acceptors (Lipinski definition) is 4. The largest absolute Gasteiger partial charge is 0.479 e. The number of fused-ring (bicyclic) bond motifs is 1. The molecule has 0 atom stereocenters. The lowest BCUT2D eigenvalue weighted by Gasteiger charge is -2.17. The Hall–Kier alpha value is -3.81. The molecular weight excluding hydrogens is 380 g/mol. The summed E-state index contributed by atoms with van der Waals surface area (Å²) >= 11 is 0. The molecule has 1 amide bonds. The van der Waals surface area contributed by atoms with Gasteiger partial charge in [-0.1, -0.05) is 12.1 Å². The summed E-state index contributed by atoms with van der Waals surface area (Å²) in [5.41, 5.74) is 4.57. The van der Waals surface area contributed by atoms with E-state index < -0.39 is 0 Å². The lowest BCUT2D eigenvalue weighted by molar-refractivity contribution is 0.0745.